The van der Waals surface area contributed by atoms with Crippen LogP contribution in [-0.4, -0.2) is 30.8 Å². The molecule has 1 aromatic carbocycles. The van der Waals surface area contributed by atoms with E-state index in [0.717, 1.165) is 24.0 Å². The summed E-state index contributed by atoms with van der Waals surface area (Å²) >= 11 is 0. The first-order valence-electron chi connectivity index (χ1n) is 7.54. The number of benzene rings is 1. The molecule has 3 aliphatic rings. The lowest BCUT2D eigenvalue weighted by Crippen LogP contribution is -2.35. The molecular weight excluding hydrogens is 238 g/mol. The van der Waals surface area contributed by atoms with Crippen molar-refractivity contribution in [2.75, 3.05) is 19.9 Å². The third kappa shape index (κ3) is 1.68. The summed E-state index contributed by atoms with van der Waals surface area (Å²) < 4.78 is 11.2. The van der Waals surface area contributed by atoms with Crippen LogP contribution in [0.4, 0.5) is 0 Å². The molecule has 0 amide bonds. The standard InChI is InChI=1S/C16H21NO2/c1-2-8-17-9-7-12-11-4-6-15-16(19-10-18-15)13(11)3-5-14(12)17/h4,6,12,14H,2-3,5,7-10H2,1H3/t12-,14+/m1/s1. The van der Waals surface area contributed by atoms with Crippen molar-refractivity contribution in [1.29, 1.82) is 0 Å². The van der Waals surface area contributed by atoms with E-state index >= 15 is 0 Å². The fourth-order valence-electron chi connectivity index (χ4n) is 4.17. The van der Waals surface area contributed by atoms with Gasteiger partial charge in [0.15, 0.2) is 11.5 Å². The number of hydrogen-bond acceptors (Lipinski definition) is 3. The SMILES string of the molecule is CCCN1CC[C@@H]2c3ccc4c(c3CC[C@@H]21)OCO4. The van der Waals surface area contributed by atoms with Gasteiger partial charge in [-0.2, -0.15) is 0 Å². The lowest BCUT2D eigenvalue weighted by molar-refractivity contribution is 0.172. The van der Waals surface area contributed by atoms with E-state index in [9.17, 15) is 0 Å². The number of likely N-dealkylation sites (tertiary alicyclic amines) is 1. The minimum atomic E-state index is 0.391. The Labute approximate surface area is 114 Å². The first-order chi connectivity index (χ1) is 9.38. The maximum Gasteiger partial charge on any atom is 0.231 e. The van der Waals surface area contributed by atoms with Crippen LogP contribution < -0.4 is 9.47 Å². The van der Waals surface area contributed by atoms with Crippen molar-refractivity contribution in [2.45, 2.75) is 44.6 Å². The maximum absolute atomic E-state index is 5.68. The van der Waals surface area contributed by atoms with Crippen molar-refractivity contribution in [3.63, 3.8) is 0 Å². The monoisotopic (exact) mass is 259 g/mol. The van der Waals surface area contributed by atoms with Crippen LogP contribution >= 0.6 is 0 Å². The second kappa shape index (κ2) is 4.41. The number of rotatable bonds is 2. The van der Waals surface area contributed by atoms with Gasteiger partial charge in [-0.3, -0.25) is 4.90 Å². The van der Waals surface area contributed by atoms with E-state index in [-0.39, 0.29) is 0 Å². The van der Waals surface area contributed by atoms with E-state index in [0.29, 0.717) is 12.7 Å². The summed E-state index contributed by atoms with van der Waals surface area (Å²) in [6.07, 6.45) is 4.98. The second-order valence-electron chi connectivity index (χ2n) is 5.90. The maximum atomic E-state index is 5.68. The Bertz CT molecular complexity index is 500. The molecule has 0 unspecified atom stereocenters. The van der Waals surface area contributed by atoms with Gasteiger partial charge in [0.1, 0.15) is 0 Å². The van der Waals surface area contributed by atoms with Crippen molar-refractivity contribution < 1.29 is 9.47 Å². The summed E-state index contributed by atoms with van der Waals surface area (Å²) in [5.74, 6) is 2.69. The van der Waals surface area contributed by atoms with Gasteiger partial charge in [-0.15, -0.1) is 0 Å². The lowest BCUT2D eigenvalue weighted by Gasteiger charge is -2.33. The van der Waals surface area contributed by atoms with Gasteiger partial charge in [-0.25, -0.2) is 0 Å². The van der Waals surface area contributed by atoms with Crippen LogP contribution in [0.15, 0.2) is 12.1 Å². The Morgan fingerprint density at radius 1 is 1.26 bits per heavy atom. The zero-order valence-corrected chi connectivity index (χ0v) is 11.5. The molecule has 0 aromatic heterocycles. The molecule has 1 saturated heterocycles. The zero-order chi connectivity index (χ0) is 12.8. The van der Waals surface area contributed by atoms with Crippen molar-refractivity contribution in [3.8, 4) is 11.5 Å². The normalized spacial score (nSPS) is 28.3. The molecule has 1 aliphatic carbocycles. The van der Waals surface area contributed by atoms with Crippen LogP contribution in [0, 0.1) is 0 Å². The molecular formula is C16H21NO2. The highest BCUT2D eigenvalue weighted by Crippen LogP contribution is 2.48. The summed E-state index contributed by atoms with van der Waals surface area (Å²) in [6, 6.07) is 5.15. The van der Waals surface area contributed by atoms with E-state index in [1.807, 2.05) is 0 Å². The quantitative estimate of drug-likeness (QED) is 0.815. The van der Waals surface area contributed by atoms with Gasteiger partial charge in [0.25, 0.3) is 0 Å². The van der Waals surface area contributed by atoms with E-state index < -0.39 is 0 Å². The Morgan fingerprint density at radius 2 is 2.21 bits per heavy atom. The molecule has 3 nitrogen and oxygen atoms in total. The number of nitrogens with zero attached hydrogens (tertiary/aromatic N) is 1. The number of fused-ring (bicyclic) bond motifs is 5. The summed E-state index contributed by atoms with van der Waals surface area (Å²) in [5, 5.41) is 0. The third-order valence-electron chi connectivity index (χ3n) is 4.94. The molecule has 2 heterocycles. The molecule has 0 spiro atoms. The van der Waals surface area contributed by atoms with Gasteiger partial charge in [0.05, 0.1) is 0 Å². The van der Waals surface area contributed by atoms with E-state index in [1.54, 1.807) is 0 Å². The summed E-state index contributed by atoms with van der Waals surface area (Å²) in [4.78, 5) is 2.69. The van der Waals surface area contributed by atoms with Crippen molar-refractivity contribution >= 4 is 0 Å². The minimum absolute atomic E-state index is 0.391. The Balaban J connectivity index is 1.70. The van der Waals surface area contributed by atoms with Crippen LogP contribution in [0.3, 0.4) is 0 Å². The highest BCUT2D eigenvalue weighted by molar-refractivity contribution is 5.54. The fraction of sp³-hybridized carbons (Fsp3) is 0.625. The molecule has 19 heavy (non-hydrogen) atoms. The molecule has 1 fully saturated rings. The predicted octanol–water partition coefficient (Wildman–Crippen LogP) is 2.93. The molecule has 102 valence electrons. The van der Waals surface area contributed by atoms with Gasteiger partial charge in [0, 0.05) is 17.5 Å². The van der Waals surface area contributed by atoms with Crippen LogP contribution in [0.2, 0.25) is 0 Å². The van der Waals surface area contributed by atoms with Crippen molar-refractivity contribution in [3.05, 3.63) is 23.3 Å². The Hall–Kier alpha value is -1.22. The number of ether oxygens (including phenoxy) is 2. The van der Waals surface area contributed by atoms with Crippen LogP contribution in [0.25, 0.3) is 0 Å². The molecule has 0 radical (unpaired) electrons. The van der Waals surface area contributed by atoms with Gasteiger partial charge >= 0.3 is 0 Å². The largest absolute Gasteiger partial charge is 0.454 e. The van der Waals surface area contributed by atoms with E-state index in [1.165, 1.54) is 43.5 Å². The minimum Gasteiger partial charge on any atom is -0.454 e. The summed E-state index contributed by atoms with van der Waals surface area (Å²) in [5.41, 5.74) is 2.95. The molecule has 1 aromatic rings. The molecule has 3 heteroatoms. The zero-order valence-electron chi connectivity index (χ0n) is 11.5. The molecule has 2 atom stereocenters. The molecule has 0 bridgehead atoms. The number of hydrogen-bond donors (Lipinski definition) is 0. The fourth-order valence-corrected chi connectivity index (χ4v) is 4.17. The topological polar surface area (TPSA) is 21.7 Å². The third-order valence-corrected chi connectivity index (χ3v) is 4.94. The Morgan fingerprint density at radius 3 is 3.11 bits per heavy atom. The van der Waals surface area contributed by atoms with Crippen LogP contribution in [0.1, 0.15) is 43.2 Å². The van der Waals surface area contributed by atoms with E-state index in [4.69, 9.17) is 9.47 Å². The van der Waals surface area contributed by atoms with Gasteiger partial charge in [0.2, 0.25) is 6.79 Å². The predicted molar refractivity (Wildman–Crippen MR) is 73.9 cm³/mol. The molecule has 4 rings (SSSR count). The molecule has 0 N–H and O–H groups in total. The summed E-state index contributed by atoms with van der Waals surface area (Å²) in [7, 11) is 0. The smallest absolute Gasteiger partial charge is 0.231 e. The Kier molecular flexibility index (Phi) is 2.69. The summed E-state index contributed by atoms with van der Waals surface area (Å²) in [6.45, 7) is 5.18. The van der Waals surface area contributed by atoms with Gasteiger partial charge < -0.3 is 9.47 Å². The lowest BCUT2D eigenvalue weighted by atomic mass is 9.79. The highest BCUT2D eigenvalue weighted by Gasteiger charge is 2.40. The van der Waals surface area contributed by atoms with Gasteiger partial charge in [-0.1, -0.05) is 13.0 Å². The average molecular weight is 259 g/mol. The second-order valence-corrected chi connectivity index (χ2v) is 5.90. The van der Waals surface area contributed by atoms with Crippen LogP contribution in [-0.2, 0) is 6.42 Å². The molecule has 2 aliphatic heterocycles. The first-order valence-corrected chi connectivity index (χ1v) is 7.54. The average Bonchev–Trinajstić information content (AvgIpc) is 3.05. The van der Waals surface area contributed by atoms with E-state index in [2.05, 4.69) is 24.0 Å². The molecule has 0 saturated carbocycles. The van der Waals surface area contributed by atoms with Crippen LogP contribution in [0.5, 0.6) is 11.5 Å². The highest BCUT2D eigenvalue weighted by atomic mass is 16.7. The van der Waals surface area contributed by atoms with Gasteiger partial charge in [-0.05, 0) is 50.4 Å². The first kappa shape index (κ1) is 11.6. The van der Waals surface area contributed by atoms with Crippen molar-refractivity contribution in [1.82, 2.24) is 4.90 Å². The van der Waals surface area contributed by atoms with Crippen molar-refractivity contribution in [2.24, 2.45) is 0 Å².